The Morgan fingerprint density at radius 1 is 1.09 bits per heavy atom. The molecule has 0 aliphatic carbocycles. The van der Waals surface area contributed by atoms with Gasteiger partial charge >= 0.3 is 0 Å². The lowest BCUT2D eigenvalue weighted by atomic mass is 9.85. The summed E-state index contributed by atoms with van der Waals surface area (Å²) in [6.07, 6.45) is 0. The van der Waals surface area contributed by atoms with E-state index in [0.717, 1.165) is 16.6 Å². The first-order chi connectivity index (χ1) is 10.3. The van der Waals surface area contributed by atoms with Crippen molar-refractivity contribution in [3.63, 3.8) is 0 Å². The number of aromatic hydroxyl groups is 1. The highest BCUT2D eigenvalue weighted by Crippen LogP contribution is 2.41. The van der Waals surface area contributed by atoms with E-state index < -0.39 is 0 Å². The Balaban J connectivity index is 2.29. The minimum Gasteiger partial charge on any atom is -0.505 e. The van der Waals surface area contributed by atoms with Gasteiger partial charge in [-0.05, 0) is 36.1 Å². The maximum absolute atomic E-state index is 10.7. The minimum absolute atomic E-state index is 0.128. The molecule has 2 aromatic carbocycles. The Labute approximate surface area is 134 Å². The van der Waals surface area contributed by atoms with Crippen LogP contribution in [0.15, 0.2) is 30.3 Å². The number of rotatable bonds is 1. The monoisotopic (exact) mass is 315 g/mol. The van der Waals surface area contributed by atoms with Crippen LogP contribution in [0.1, 0.15) is 31.9 Å². The van der Waals surface area contributed by atoms with Gasteiger partial charge in [0.25, 0.3) is 0 Å². The lowest BCUT2D eigenvalue weighted by molar-refractivity contribution is 0.440. The predicted octanol–water partition coefficient (Wildman–Crippen LogP) is 4.39. The molecule has 0 aliphatic heterocycles. The second-order valence-corrected chi connectivity index (χ2v) is 6.86. The third kappa shape index (κ3) is 2.33. The molecule has 0 unspecified atom stereocenters. The minimum atomic E-state index is -0.283. The van der Waals surface area contributed by atoms with Gasteiger partial charge in [0.05, 0.1) is 5.02 Å². The first kappa shape index (κ1) is 14.9. The average Bonchev–Trinajstić information content (AvgIpc) is 2.85. The van der Waals surface area contributed by atoms with Crippen LogP contribution in [-0.2, 0) is 5.41 Å². The van der Waals surface area contributed by atoms with Crippen molar-refractivity contribution in [3.8, 4) is 11.4 Å². The normalized spacial score (nSPS) is 12.0. The van der Waals surface area contributed by atoms with E-state index in [1.54, 1.807) is 0 Å². The van der Waals surface area contributed by atoms with Crippen LogP contribution in [-0.4, -0.2) is 20.1 Å². The molecule has 0 radical (unpaired) electrons. The zero-order chi connectivity index (χ0) is 16.1. The van der Waals surface area contributed by atoms with Crippen LogP contribution in [0.2, 0.25) is 5.02 Å². The molecule has 1 N–H and O–H groups in total. The second kappa shape index (κ2) is 4.99. The first-order valence-corrected chi connectivity index (χ1v) is 7.52. The van der Waals surface area contributed by atoms with Crippen molar-refractivity contribution >= 4 is 22.6 Å². The number of hydrogen-bond acceptors (Lipinski definition) is 3. The Morgan fingerprint density at radius 3 is 2.14 bits per heavy atom. The van der Waals surface area contributed by atoms with E-state index >= 15 is 0 Å². The van der Waals surface area contributed by atoms with Gasteiger partial charge in [0.2, 0.25) is 0 Å². The summed E-state index contributed by atoms with van der Waals surface area (Å²) in [7, 11) is 0. The van der Waals surface area contributed by atoms with Gasteiger partial charge in [0, 0.05) is 5.56 Å². The third-order valence-corrected chi connectivity index (χ3v) is 4.14. The fourth-order valence-electron chi connectivity index (χ4n) is 2.57. The topological polar surface area (TPSA) is 50.9 Å². The van der Waals surface area contributed by atoms with Crippen molar-refractivity contribution < 1.29 is 5.11 Å². The molecule has 0 aliphatic rings. The Morgan fingerprint density at radius 2 is 1.64 bits per heavy atom. The van der Waals surface area contributed by atoms with E-state index in [9.17, 15) is 5.11 Å². The number of benzene rings is 2. The molecule has 114 valence electrons. The number of halogens is 1. The van der Waals surface area contributed by atoms with E-state index in [2.05, 4.69) is 10.2 Å². The Bertz CT molecular complexity index is 829. The number of fused-ring (bicyclic) bond motifs is 1. The fourth-order valence-corrected chi connectivity index (χ4v) is 3.00. The van der Waals surface area contributed by atoms with E-state index in [0.29, 0.717) is 16.3 Å². The summed E-state index contributed by atoms with van der Waals surface area (Å²) in [6, 6.07) is 9.42. The van der Waals surface area contributed by atoms with Gasteiger partial charge in [0.1, 0.15) is 22.5 Å². The zero-order valence-corrected chi connectivity index (χ0v) is 13.8. The van der Waals surface area contributed by atoms with Crippen LogP contribution in [0, 0.1) is 6.92 Å². The number of nitrogens with zero attached hydrogens (tertiary/aromatic N) is 3. The molecular formula is C17H18ClN3O. The Kier molecular flexibility index (Phi) is 3.37. The standard InChI is InChI=1S/C17H18ClN3O/c1-10-9-13(16(22)14(15(10)18)17(2,3)4)21-19-11-7-5-6-8-12(11)20-21/h5-9,22H,1-4H3. The summed E-state index contributed by atoms with van der Waals surface area (Å²) in [5, 5.41) is 20.2. The number of phenols is 1. The molecule has 5 heteroatoms. The van der Waals surface area contributed by atoms with Gasteiger partial charge in [0.15, 0.2) is 0 Å². The molecule has 0 amide bonds. The molecule has 3 aromatic rings. The van der Waals surface area contributed by atoms with Crippen molar-refractivity contribution in [2.24, 2.45) is 0 Å². The summed E-state index contributed by atoms with van der Waals surface area (Å²) in [4.78, 5) is 1.47. The molecule has 1 aromatic heterocycles. The van der Waals surface area contributed by atoms with Crippen LogP contribution in [0.4, 0.5) is 0 Å². The molecule has 0 saturated heterocycles. The van der Waals surface area contributed by atoms with Gasteiger partial charge in [-0.3, -0.25) is 0 Å². The highest BCUT2D eigenvalue weighted by molar-refractivity contribution is 6.32. The average molecular weight is 316 g/mol. The van der Waals surface area contributed by atoms with E-state index in [4.69, 9.17) is 11.6 Å². The quantitative estimate of drug-likeness (QED) is 0.724. The SMILES string of the molecule is Cc1cc(-n2nc3ccccc3n2)c(O)c(C(C)(C)C)c1Cl. The molecule has 0 saturated carbocycles. The van der Waals surface area contributed by atoms with Gasteiger partial charge in [-0.15, -0.1) is 15.0 Å². The highest BCUT2D eigenvalue weighted by atomic mass is 35.5. The second-order valence-electron chi connectivity index (χ2n) is 6.48. The maximum Gasteiger partial charge on any atom is 0.148 e. The Hall–Kier alpha value is -2.07. The molecule has 0 spiro atoms. The van der Waals surface area contributed by atoms with Crippen molar-refractivity contribution in [2.45, 2.75) is 33.1 Å². The molecule has 0 fully saturated rings. The molecule has 1 heterocycles. The van der Waals surface area contributed by atoms with E-state index in [-0.39, 0.29) is 11.2 Å². The smallest absolute Gasteiger partial charge is 0.148 e. The summed E-state index contributed by atoms with van der Waals surface area (Å²) in [6.45, 7) is 7.97. The third-order valence-electron chi connectivity index (χ3n) is 3.65. The lowest BCUT2D eigenvalue weighted by Gasteiger charge is -2.24. The summed E-state index contributed by atoms with van der Waals surface area (Å²) >= 11 is 6.41. The van der Waals surface area contributed by atoms with E-state index in [1.807, 2.05) is 58.0 Å². The van der Waals surface area contributed by atoms with Crippen molar-refractivity contribution in [3.05, 3.63) is 46.5 Å². The molecular weight excluding hydrogens is 298 g/mol. The molecule has 0 bridgehead atoms. The first-order valence-electron chi connectivity index (χ1n) is 7.14. The molecule has 4 nitrogen and oxygen atoms in total. The lowest BCUT2D eigenvalue weighted by Crippen LogP contribution is -2.14. The maximum atomic E-state index is 10.7. The molecule has 0 atom stereocenters. The molecule has 22 heavy (non-hydrogen) atoms. The fraction of sp³-hybridized carbons (Fsp3) is 0.294. The van der Waals surface area contributed by atoms with Crippen molar-refractivity contribution in [1.29, 1.82) is 0 Å². The van der Waals surface area contributed by atoms with Crippen LogP contribution in [0.3, 0.4) is 0 Å². The zero-order valence-electron chi connectivity index (χ0n) is 13.1. The highest BCUT2D eigenvalue weighted by Gasteiger charge is 2.26. The number of aromatic nitrogens is 3. The van der Waals surface area contributed by atoms with Gasteiger partial charge < -0.3 is 5.11 Å². The number of phenolic OH excluding ortho intramolecular Hbond substituents is 1. The van der Waals surface area contributed by atoms with Gasteiger partial charge in [-0.25, -0.2) is 0 Å². The van der Waals surface area contributed by atoms with Crippen molar-refractivity contribution in [2.75, 3.05) is 0 Å². The van der Waals surface area contributed by atoms with Gasteiger partial charge in [-0.1, -0.05) is 44.5 Å². The summed E-state index contributed by atoms with van der Waals surface area (Å²) in [5.74, 6) is 0.128. The van der Waals surface area contributed by atoms with Crippen LogP contribution >= 0.6 is 11.6 Å². The van der Waals surface area contributed by atoms with Crippen LogP contribution < -0.4 is 0 Å². The number of hydrogen-bond donors (Lipinski definition) is 1. The summed E-state index contributed by atoms with van der Waals surface area (Å²) in [5.41, 5.74) is 3.43. The van der Waals surface area contributed by atoms with Crippen molar-refractivity contribution in [1.82, 2.24) is 15.0 Å². The van der Waals surface area contributed by atoms with Crippen LogP contribution in [0.25, 0.3) is 16.7 Å². The number of aryl methyl sites for hydroxylation is 1. The van der Waals surface area contributed by atoms with Crippen LogP contribution in [0.5, 0.6) is 5.75 Å². The summed E-state index contributed by atoms with van der Waals surface area (Å²) < 4.78 is 0. The molecule has 3 rings (SSSR count). The predicted molar refractivity (Wildman–Crippen MR) is 89.0 cm³/mol. The van der Waals surface area contributed by atoms with Gasteiger partial charge in [-0.2, -0.15) is 0 Å². The van der Waals surface area contributed by atoms with E-state index in [1.165, 1.54) is 4.80 Å². The largest absolute Gasteiger partial charge is 0.505 e.